The molecule has 4 aromatic heterocycles. The van der Waals surface area contributed by atoms with Gasteiger partial charge >= 0.3 is 0 Å². The summed E-state index contributed by atoms with van der Waals surface area (Å²) in [4.78, 5) is 18.2. The van der Waals surface area contributed by atoms with Crippen LogP contribution in [0.4, 0.5) is 0 Å². The Hall–Kier alpha value is -5.68. The lowest BCUT2D eigenvalue weighted by Crippen LogP contribution is -2.04. The molecular weight excluding hydrogens is 508 g/mol. The summed E-state index contributed by atoms with van der Waals surface area (Å²) >= 11 is 0. The van der Waals surface area contributed by atoms with Gasteiger partial charge in [-0.3, -0.25) is 9.78 Å². The van der Waals surface area contributed by atoms with Gasteiger partial charge in [-0.05, 0) is 59.7 Å². The summed E-state index contributed by atoms with van der Waals surface area (Å²) in [5.74, 6) is 0. The van der Waals surface area contributed by atoms with Crippen LogP contribution in [0.25, 0.3) is 82.5 Å². The Morgan fingerprint density at radius 2 is 1.37 bits per heavy atom. The van der Waals surface area contributed by atoms with E-state index in [-0.39, 0.29) is 5.43 Å². The van der Waals surface area contributed by atoms with Gasteiger partial charge in [0.15, 0.2) is 5.58 Å². The number of nitrogens with zero attached hydrogens (tertiary/aromatic N) is 2. The zero-order valence-electron chi connectivity index (χ0n) is 21.7. The molecule has 0 saturated heterocycles. The second kappa shape index (κ2) is 8.16. The zero-order valence-corrected chi connectivity index (χ0v) is 21.7. The highest BCUT2D eigenvalue weighted by atomic mass is 16.3. The third-order valence-electron chi connectivity index (χ3n) is 8.10. The molecule has 9 aromatic rings. The third-order valence-corrected chi connectivity index (χ3v) is 8.10. The Balaban J connectivity index is 1.37. The van der Waals surface area contributed by atoms with Crippen molar-refractivity contribution in [3.8, 4) is 16.8 Å². The molecule has 4 heterocycles. The maximum absolute atomic E-state index is 13.7. The Morgan fingerprint density at radius 3 is 2.27 bits per heavy atom. The van der Waals surface area contributed by atoms with E-state index in [9.17, 15) is 4.79 Å². The van der Waals surface area contributed by atoms with E-state index in [0.717, 1.165) is 60.6 Å². The number of benzene rings is 5. The molecule has 5 nitrogen and oxygen atoms in total. The molecule has 0 radical (unpaired) electrons. The fourth-order valence-electron chi connectivity index (χ4n) is 6.29. The second-order valence-electron chi connectivity index (χ2n) is 10.3. The van der Waals surface area contributed by atoms with E-state index in [2.05, 4.69) is 39.9 Å². The van der Waals surface area contributed by atoms with Gasteiger partial charge in [-0.25, -0.2) is 0 Å². The van der Waals surface area contributed by atoms with E-state index in [0.29, 0.717) is 21.9 Å². The van der Waals surface area contributed by atoms with Crippen LogP contribution in [0.1, 0.15) is 0 Å². The number of hydrogen-bond donors (Lipinski definition) is 0. The molecule has 0 fully saturated rings. The van der Waals surface area contributed by atoms with Crippen LogP contribution in [0.2, 0.25) is 0 Å². The first kappa shape index (κ1) is 22.2. The largest absolute Gasteiger partial charge is 0.456 e. The first-order valence-electron chi connectivity index (χ1n) is 13.5. The third kappa shape index (κ3) is 3.06. The zero-order chi connectivity index (χ0) is 27.1. The minimum atomic E-state index is -0.0344. The summed E-state index contributed by atoms with van der Waals surface area (Å²) in [5, 5.41) is 5.50. The number of fused-ring (bicyclic) bond motifs is 9. The van der Waals surface area contributed by atoms with Gasteiger partial charge in [0.05, 0.1) is 28.0 Å². The van der Waals surface area contributed by atoms with Crippen molar-refractivity contribution in [2.24, 2.45) is 0 Å². The number of para-hydroxylation sites is 2. The second-order valence-corrected chi connectivity index (χ2v) is 10.3. The molecule has 0 aliphatic heterocycles. The van der Waals surface area contributed by atoms with E-state index >= 15 is 0 Å². The maximum atomic E-state index is 13.7. The molecule has 0 saturated carbocycles. The van der Waals surface area contributed by atoms with Crippen LogP contribution < -0.4 is 5.43 Å². The molecule has 0 unspecified atom stereocenters. The van der Waals surface area contributed by atoms with Crippen molar-refractivity contribution in [2.45, 2.75) is 0 Å². The summed E-state index contributed by atoms with van der Waals surface area (Å²) in [6.07, 6.45) is 3.72. The van der Waals surface area contributed by atoms with Gasteiger partial charge in [0, 0.05) is 33.4 Å². The van der Waals surface area contributed by atoms with Crippen LogP contribution in [-0.4, -0.2) is 9.55 Å². The number of hydrogen-bond acceptors (Lipinski definition) is 4. The van der Waals surface area contributed by atoms with Crippen LogP contribution in [0.3, 0.4) is 0 Å². The van der Waals surface area contributed by atoms with Crippen molar-refractivity contribution in [1.29, 1.82) is 0 Å². The molecule has 5 heteroatoms. The molecule has 0 spiro atoms. The summed E-state index contributed by atoms with van der Waals surface area (Å²) in [6, 6.07) is 35.9. The van der Waals surface area contributed by atoms with Crippen molar-refractivity contribution in [3.63, 3.8) is 0 Å². The van der Waals surface area contributed by atoms with Gasteiger partial charge in [0.1, 0.15) is 16.7 Å². The first-order chi connectivity index (χ1) is 20.3. The fraction of sp³-hybridized carbons (Fsp3) is 0. The Bertz CT molecular complexity index is 2570. The Labute approximate surface area is 232 Å². The maximum Gasteiger partial charge on any atom is 0.201 e. The molecule has 0 aliphatic carbocycles. The van der Waals surface area contributed by atoms with Crippen molar-refractivity contribution in [2.75, 3.05) is 0 Å². The monoisotopic (exact) mass is 528 g/mol. The minimum absolute atomic E-state index is 0.0344. The molecule has 41 heavy (non-hydrogen) atoms. The minimum Gasteiger partial charge on any atom is -0.456 e. The lowest BCUT2D eigenvalue weighted by molar-refractivity contribution is 0.660. The van der Waals surface area contributed by atoms with Crippen LogP contribution in [0, 0.1) is 0 Å². The van der Waals surface area contributed by atoms with E-state index in [1.54, 1.807) is 0 Å². The number of rotatable bonds is 2. The highest BCUT2D eigenvalue weighted by Crippen LogP contribution is 2.40. The lowest BCUT2D eigenvalue weighted by Gasteiger charge is -2.12. The van der Waals surface area contributed by atoms with Gasteiger partial charge in [-0.1, -0.05) is 60.7 Å². The number of furan rings is 1. The van der Waals surface area contributed by atoms with Gasteiger partial charge in [-0.2, -0.15) is 0 Å². The van der Waals surface area contributed by atoms with Crippen LogP contribution in [-0.2, 0) is 0 Å². The summed E-state index contributed by atoms with van der Waals surface area (Å²) in [6.45, 7) is 0. The Kier molecular flexibility index (Phi) is 4.41. The normalized spacial score (nSPS) is 12.0. The molecule has 0 aliphatic rings. The van der Waals surface area contributed by atoms with Crippen molar-refractivity contribution < 1.29 is 8.83 Å². The van der Waals surface area contributed by atoms with Crippen molar-refractivity contribution in [3.05, 3.63) is 132 Å². The molecule has 9 rings (SSSR count). The molecule has 0 N–H and O–H groups in total. The van der Waals surface area contributed by atoms with E-state index < -0.39 is 0 Å². The van der Waals surface area contributed by atoms with Crippen LogP contribution >= 0.6 is 0 Å². The molecule has 0 bridgehead atoms. The topological polar surface area (TPSA) is 61.2 Å². The quantitative estimate of drug-likeness (QED) is 0.210. The van der Waals surface area contributed by atoms with E-state index in [1.807, 2.05) is 91.3 Å². The Morgan fingerprint density at radius 1 is 0.610 bits per heavy atom. The van der Waals surface area contributed by atoms with Crippen molar-refractivity contribution >= 4 is 65.7 Å². The molecule has 5 aromatic carbocycles. The van der Waals surface area contributed by atoms with Crippen LogP contribution in [0.15, 0.2) is 135 Å². The smallest absolute Gasteiger partial charge is 0.201 e. The lowest BCUT2D eigenvalue weighted by atomic mass is 9.99. The van der Waals surface area contributed by atoms with Crippen molar-refractivity contribution in [1.82, 2.24) is 9.55 Å². The summed E-state index contributed by atoms with van der Waals surface area (Å²) in [5.41, 5.74) is 7.49. The predicted octanol–water partition coefficient (Wildman–Crippen LogP) is 9.00. The number of aromatic nitrogens is 2. The first-order valence-corrected chi connectivity index (χ1v) is 13.5. The SMILES string of the molecule is O=c1c2ccccc2oc2cccc(-c3cccc(-n4c5cnccc5c5ccc6c7ccccc7oc6c54)c3)c12. The van der Waals surface area contributed by atoms with Gasteiger partial charge < -0.3 is 13.4 Å². The highest BCUT2D eigenvalue weighted by Gasteiger charge is 2.20. The summed E-state index contributed by atoms with van der Waals surface area (Å²) in [7, 11) is 0. The van der Waals surface area contributed by atoms with E-state index in [1.165, 1.54) is 0 Å². The standard InChI is InChI=1S/C36H20N2O3/c39-35-28-10-2-4-13-31(28)40-32-14-6-11-23(33(32)35)21-7-5-8-22(19-21)38-29-20-37-18-17-24(29)26-15-16-27-25-9-1-3-12-30(25)41-36(27)34(26)38/h1-20H. The summed E-state index contributed by atoms with van der Waals surface area (Å²) < 4.78 is 14.9. The highest BCUT2D eigenvalue weighted by molar-refractivity contribution is 6.21. The van der Waals surface area contributed by atoms with Gasteiger partial charge in [-0.15, -0.1) is 0 Å². The predicted molar refractivity (Wildman–Crippen MR) is 165 cm³/mol. The molecule has 192 valence electrons. The van der Waals surface area contributed by atoms with Gasteiger partial charge in [0.25, 0.3) is 0 Å². The molecule has 0 atom stereocenters. The van der Waals surface area contributed by atoms with E-state index in [4.69, 9.17) is 8.83 Å². The fourth-order valence-corrected chi connectivity index (χ4v) is 6.29. The number of pyridine rings is 1. The average Bonchev–Trinajstić information content (AvgIpc) is 3.57. The molecule has 0 amide bonds. The molecular formula is C36H20N2O3. The van der Waals surface area contributed by atoms with Crippen LogP contribution in [0.5, 0.6) is 0 Å². The average molecular weight is 529 g/mol. The van der Waals surface area contributed by atoms with Gasteiger partial charge in [0.2, 0.25) is 5.43 Å².